The molecule has 0 heterocycles. The van der Waals surface area contributed by atoms with Crippen molar-refractivity contribution in [1.82, 2.24) is 0 Å². The van der Waals surface area contributed by atoms with Gasteiger partial charge >= 0.3 is 5.97 Å². The predicted octanol–water partition coefficient (Wildman–Crippen LogP) is 2.79. The average molecular weight is 291 g/mol. The van der Waals surface area contributed by atoms with Crippen LogP contribution in [0.15, 0.2) is 36.4 Å². The van der Waals surface area contributed by atoms with Crippen LogP contribution in [0.1, 0.15) is 10.8 Å². The molecule has 104 valence electrons. The molecule has 0 aliphatic carbocycles. The van der Waals surface area contributed by atoms with Gasteiger partial charge in [-0.2, -0.15) is 0 Å². The fourth-order valence-corrected chi connectivity index (χ4v) is 2.53. The van der Waals surface area contributed by atoms with Gasteiger partial charge in [-0.25, -0.2) is 0 Å². The lowest BCUT2D eigenvalue weighted by atomic mass is 10.0. The van der Waals surface area contributed by atoms with E-state index >= 15 is 0 Å². The number of amides is 1. The van der Waals surface area contributed by atoms with E-state index in [1.54, 1.807) is 31.4 Å². The number of primary amides is 1. The van der Waals surface area contributed by atoms with E-state index < -0.39 is 16.5 Å². The number of hydrogen-bond donors (Lipinski definition) is 2. The molecule has 3 N–H and O–H groups in total. The van der Waals surface area contributed by atoms with Gasteiger partial charge in [0.2, 0.25) is 0 Å². The number of carboxylic acids is 1. The number of carbonyl (C=O) groups excluding carboxylic acids is 1. The molecule has 0 saturated heterocycles. The zero-order valence-electron chi connectivity index (χ0n) is 10.7. The molecule has 0 fully saturated rings. The Morgan fingerprint density at radius 2 is 1.85 bits per heavy atom. The molecule has 0 saturated carbocycles. The molecule has 0 aliphatic rings. The molecule has 0 aromatic heterocycles. The number of thioether (sulfide) groups is 1. The van der Waals surface area contributed by atoms with Gasteiger partial charge in [-0.05, 0) is 46.3 Å². The molecule has 6 heteroatoms. The van der Waals surface area contributed by atoms with Crippen LogP contribution in [0.2, 0.25) is 0 Å². The van der Waals surface area contributed by atoms with Crippen LogP contribution < -0.4 is 10.5 Å². The lowest BCUT2D eigenvalue weighted by Gasteiger charge is -2.11. The Hall–Kier alpha value is -2.21. The number of aliphatic carboxylic acids is 1. The number of methoxy groups -OCH3 is 1. The summed E-state index contributed by atoms with van der Waals surface area (Å²) in [5, 5.41) is 9.27. The molecule has 0 radical (unpaired) electrons. The van der Waals surface area contributed by atoms with Gasteiger partial charge in [0, 0.05) is 0 Å². The largest absolute Gasteiger partial charge is 0.497 e. The second-order valence-electron chi connectivity index (χ2n) is 4.13. The Bertz CT molecular complexity index is 671. The minimum atomic E-state index is -1.10. The van der Waals surface area contributed by atoms with Gasteiger partial charge < -0.3 is 15.6 Å². The molecule has 2 aromatic carbocycles. The van der Waals surface area contributed by atoms with Gasteiger partial charge in [-0.1, -0.05) is 18.2 Å². The van der Waals surface area contributed by atoms with E-state index in [0.29, 0.717) is 17.3 Å². The zero-order valence-corrected chi connectivity index (χ0v) is 11.5. The summed E-state index contributed by atoms with van der Waals surface area (Å²) in [4.78, 5) is 22.2. The normalized spacial score (nSPS) is 12.1. The van der Waals surface area contributed by atoms with Crippen LogP contribution in [0.4, 0.5) is 4.79 Å². The lowest BCUT2D eigenvalue weighted by Crippen LogP contribution is -2.13. The van der Waals surface area contributed by atoms with Crippen LogP contribution in [-0.4, -0.2) is 23.4 Å². The van der Waals surface area contributed by atoms with E-state index in [9.17, 15) is 14.7 Å². The van der Waals surface area contributed by atoms with Crippen LogP contribution >= 0.6 is 11.8 Å². The van der Waals surface area contributed by atoms with Crippen molar-refractivity contribution in [2.75, 3.05) is 7.11 Å². The Morgan fingerprint density at radius 1 is 1.20 bits per heavy atom. The van der Waals surface area contributed by atoms with Crippen molar-refractivity contribution in [2.45, 2.75) is 5.25 Å². The molecule has 0 bridgehead atoms. The van der Waals surface area contributed by atoms with E-state index in [2.05, 4.69) is 0 Å². The van der Waals surface area contributed by atoms with Gasteiger partial charge in [0.15, 0.2) is 0 Å². The molecular weight excluding hydrogens is 278 g/mol. The van der Waals surface area contributed by atoms with Crippen LogP contribution in [-0.2, 0) is 4.79 Å². The summed E-state index contributed by atoms with van der Waals surface area (Å²) in [6.07, 6.45) is 0. The quantitative estimate of drug-likeness (QED) is 0.904. The highest BCUT2D eigenvalue weighted by Gasteiger charge is 2.23. The van der Waals surface area contributed by atoms with Crippen molar-refractivity contribution < 1.29 is 19.4 Å². The Kier molecular flexibility index (Phi) is 4.14. The minimum absolute atomic E-state index is 0.527. The summed E-state index contributed by atoms with van der Waals surface area (Å²) < 4.78 is 5.13. The highest BCUT2D eigenvalue weighted by Crippen LogP contribution is 2.32. The third-order valence-corrected chi connectivity index (χ3v) is 3.77. The molecule has 2 aromatic rings. The number of hydrogen-bond acceptors (Lipinski definition) is 4. The third kappa shape index (κ3) is 3.03. The monoisotopic (exact) mass is 291 g/mol. The predicted molar refractivity (Wildman–Crippen MR) is 78.1 cm³/mol. The van der Waals surface area contributed by atoms with Gasteiger partial charge in [-0.3, -0.25) is 9.59 Å². The maximum Gasteiger partial charge on any atom is 0.321 e. The topological polar surface area (TPSA) is 89.6 Å². The first-order valence-electron chi connectivity index (χ1n) is 5.78. The molecule has 2 rings (SSSR count). The van der Waals surface area contributed by atoms with E-state index in [1.807, 2.05) is 12.1 Å². The summed E-state index contributed by atoms with van der Waals surface area (Å²) in [5.41, 5.74) is 5.59. The molecular formula is C14H13NO4S. The summed E-state index contributed by atoms with van der Waals surface area (Å²) in [7, 11) is 1.58. The number of ether oxygens (including phenoxy) is 1. The van der Waals surface area contributed by atoms with Crippen LogP contribution in [0.25, 0.3) is 10.8 Å². The smallest absolute Gasteiger partial charge is 0.321 e. The number of fused-ring (bicyclic) bond motifs is 1. The van der Waals surface area contributed by atoms with Crippen LogP contribution in [0.3, 0.4) is 0 Å². The summed E-state index contributed by atoms with van der Waals surface area (Å²) in [6, 6.07) is 10.7. The second-order valence-corrected chi connectivity index (χ2v) is 5.24. The first-order chi connectivity index (χ1) is 9.51. The van der Waals surface area contributed by atoms with Crippen molar-refractivity contribution in [3.63, 3.8) is 0 Å². The average Bonchev–Trinajstić information content (AvgIpc) is 2.43. The van der Waals surface area contributed by atoms with E-state index in [-0.39, 0.29) is 0 Å². The molecule has 20 heavy (non-hydrogen) atoms. The standard InChI is InChI=1S/C14H13NO4S/c1-19-11-5-4-8-6-10(3-2-9(8)7-11)12(13(16)17)20-14(15)18/h2-7,12H,1H3,(H2,15,18)(H,16,17). The second kappa shape index (κ2) is 5.83. The Morgan fingerprint density at radius 3 is 2.45 bits per heavy atom. The van der Waals surface area contributed by atoms with Crippen LogP contribution in [0, 0.1) is 0 Å². The Labute approximate surface area is 119 Å². The van der Waals surface area contributed by atoms with Gasteiger partial charge in [0.1, 0.15) is 11.0 Å². The number of nitrogens with two attached hydrogens (primary N) is 1. The fourth-order valence-electron chi connectivity index (χ4n) is 1.91. The number of rotatable bonds is 4. The molecule has 1 atom stereocenters. The highest BCUT2D eigenvalue weighted by atomic mass is 32.2. The van der Waals surface area contributed by atoms with Crippen molar-refractivity contribution in [3.05, 3.63) is 42.0 Å². The van der Waals surface area contributed by atoms with Crippen molar-refractivity contribution in [2.24, 2.45) is 5.73 Å². The minimum Gasteiger partial charge on any atom is -0.497 e. The molecule has 0 spiro atoms. The zero-order chi connectivity index (χ0) is 14.7. The lowest BCUT2D eigenvalue weighted by molar-refractivity contribution is -0.136. The van der Waals surface area contributed by atoms with Crippen molar-refractivity contribution in [3.8, 4) is 5.75 Å². The van der Waals surface area contributed by atoms with Gasteiger partial charge in [0.25, 0.3) is 5.24 Å². The van der Waals surface area contributed by atoms with Gasteiger partial charge in [0.05, 0.1) is 7.11 Å². The maximum atomic E-state index is 11.2. The summed E-state index contributed by atoms with van der Waals surface area (Å²) in [5.74, 6) is -0.367. The van der Waals surface area contributed by atoms with E-state index in [4.69, 9.17) is 10.5 Å². The van der Waals surface area contributed by atoms with Crippen molar-refractivity contribution in [1.29, 1.82) is 0 Å². The number of benzene rings is 2. The third-order valence-electron chi connectivity index (χ3n) is 2.83. The van der Waals surface area contributed by atoms with Crippen LogP contribution in [0.5, 0.6) is 5.75 Å². The van der Waals surface area contributed by atoms with Gasteiger partial charge in [-0.15, -0.1) is 0 Å². The number of carboxylic acid groups (broad SMARTS) is 1. The first-order valence-corrected chi connectivity index (χ1v) is 6.66. The summed E-state index contributed by atoms with van der Waals surface area (Å²) >= 11 is 0.592. The first kappa shape index (κ1) is 14.2. The SMILES string of the molecule is COc1ccc2cc(C(SC(N)=O)C(=O)O)ccc2c1. The van der Waals surface area contributed by atoms with Crippen molar-refractivity contribution >= 4 is 33.7 Å². The summed E-state index contributed by atoms with van der Waals surface area (Å²) in [6.45, 7) is 0. The molecule has 1 amide bonds. The fraction of sp³-hybridized carbons (Fsp3) is 0.143. The molecule has 5 nitrogen and oxygen atoms in total. The molecule has 1 unspecified atom stereocenters. The van der Waals surface area contributed by atoms with E-state index in [0.717, 1.165) is 16.5 Å². The number of carbonyl (C=O) groups is 2. The van der Waals surface area contributed by atoms with E-state index in [1.165, 1.54) is 0 Å². The maximum absolute atomic E-state index is 11.2. The highest BCUT2D eigenvalue weighted by molar-refractivity contribution is 8.14. The Balaban J connectivity index is 2.44. The molecule has 0 aliphatic heterocycles.